The van der Waals surface area contributed by atoms with E-state index in [4.69, 9.17) is 23.9 Å². The average molecular weight is 490 g/mol. The third kappa shape index (κ3) is 6.52. The van der Waals surface area contributed by atoms with Crippen LogP contribution in [0.5, 0.6) is 11.6 Å². The lowest BCUT2D eigenvalue weighted by Crippen LogP contribution is -2.26. The molecule has 2 aliphatic heterocycles. The van der Waals surface area contributed by atoms with Gasteiger partial charge in [-0.3, -0.25) is 0 Å². The molecule has 3 fully saturated rings. The highest BCUT2D eigenvalue weighted by Gasteiger charge is 2.23. The van der Waals surface area contributed by atoms with Gasteiger partial charge in [-0.1, -0.05) is 19.1 Å². The summed E-state index contributed by atoms with van der Waals surface area (Å²) in [6, 6.07) is 8.57. The Labute approximate surface area is 208 Å². The summed E-state index contributed by atoms with van der Waals surface area (Å²) >= 11 is 0. The van der Waals surface area contributed by atoms with Crippen LogP contribution < -0.4 is 14.8 Å². The SMILES string of the molecule is CC1CCC(Nc2ncc(-c3ccc(OC4CCOCC4)cc3)c(O[C@@H]3CCOC3)n2)CC1.Cl. The third-order valence-corrected chi connectivity index (χ3v) is 6.91. The molecule has 0 radical (unpaired) electrons. The van der Waals surface area contributed by atoms with Crippen molar-refractivity contribution in [2.75, 3.05) is 31.7 Å². The summed E-state index contributed by atoms with van der Waals surface area (Å²) in [4.78, 5) is 9.44. The molecule has 1 aromatic carbocycles. The van der Waals surface area contributed by atoms with Gasteiger partial charge < -0.3 is 24.3 Å². The van der Waals surface area contributed by atoms with Crippen molar-refractivity contribution in [2.24, 2.45) is 5.92 Å². The molecule has 1 N–H and O–H groups in total. The quantitative estimate of drug-likeness (QED) is 0.567. The Morgan fingerprint density at radius 2 is 1.56 bits per heavy atom. The molecule has 3 aliphatic rings. The lowest BCUT2D eigenvalue weighted by molar-refractivity contribution is 0.0256. The van der Waals surface area contributed by atoms with Crippen LogP contribution in [0.1, 0.15) is 51.9 Å². The molecule has 34 heavy (non-hydrogen) atoms. The van der Waals surface area contributed by atoms with Gasteiger partial charge in [-0.15, -0.1) is 12.4 Å². The highest BCUT2D eigenvalue weighted by Crippen LogP contribution is 2.33. The largest absolute Gasteiger partial charge is 0.490 e. The molecule has 1 aromatic heterocycles. The number of benzene rings is 1. The number of rotatable bonds is 7. The Morgan fingerprint density at radius 3 is 2.26 bits per heavy atom. The van der Waals surface area contributed by atoms with Crippen molar-refractivity contribution < 1.29 is 18.9 Å². The molecule has 2 aromatic rings. The van der Waals surface area contributed by atoms with Crippen LogP contribution in [-0.2, 0) is 9.47 Å². The van der Waals surface area contributed by atoms with Crippen LogP contribution in [0.25, 0.3) is 11.1 Å². The number of nitrogens with zero attached hydrogens (tertiary/aromatic N) is 2. The Morgan fingerprint density at radius 1 is 0.853 bits per heavy atom. The second kappa shape index (κ2) is 12.0. The first kappa shape index (κ1) is 25.0. The van der Waals surface area contributed by atoms with E-state index in [0.29, 0.717) is 24.5 Å². The lowest BCUT2D eigenvalue weighted by atomic mass is 9.87. The second-order valence-corrected chi connectivity index (χ2v) is 9.57. The van der Waals surface area contributed by atoms with Gasteiger partial charge in [0.2, 0.25) is 11.8 Å². The fourth-order valence-corrected chi connectivity index (χ4v) is 4.77. The van der Waals surface area contributed by atoms with Gasteiger partial charge >= 0.3 is 0 Å². The molecule has 8 heteroatoms. The van der Waals surface area contributed by atoms with Gasteiger partial charge in [0.25, 0.3) is 0 Å². The van der Waals surface area contributed by atoms with Gasteiger partial charge in [0.15, 0.2) is 0 Å². The monoisotopic (exact) mass is 489 g/mol. The zero-order chi connectivity index (χ0) is 22.5. The van der Waals surface area contributed by atoms with E-state index < -0.39 is 0 Å². The summed E-state index contributed by atoms with van der Waals surface area (Å²) in [6.45, 7) is 5.20. The van der Waals surface area contributed by atoms with Gasteiger partial charge in [-0.25, -0.2) is 4.98 Å². The van der Waals surface area contributed by atoms with Gasteiger partial charge in [-0.2, -0.15) is 4.98 Å². The molecule has 7 nitrogen and oxygen atoms in total. The third-order valence-electron chi connectivity index (χ3n) is 6.91. The van der Waals surface area contributed by atoms with E-state index in [1.165, 1.54) is 12.8 Å². The van der Waals surface area contributed by atoms with Gasteiger partial charge in [-0.05, 0) is 49.3 Å². The second-order valence-electron chi connectivity index (χ2n) is 9.57. The van der Waals surface area contributed by atoms with Crippen molar-refractivity contribution in [1.29, 1.82) is 0 Å². The standard InChI is InChI=1S/C26H35N3O4.ClH/c1-18-2-6-20(7-3-18)28-26-27-16-24(25(29-26)33-23-12-15-31-17-23)19-4-8-21(9-5-19)32-22-10-13-30-14-11-22;/h4-5,8-9,16,18,20,22-23H,2-3,6-7,10-15,17H2,1H3,(H,27,28,29);1H/t18?,20?,23-;/m1./s1. The predicted octanol–water partition coefficient (Wildman–Crippen LogP) is 5.28. The van der Waals surface area contributed by atoms with E-state index in [0.717, 1.165) is 74.7 Å². The highest BCUT2D eigenvalue weighted by atomic mass is 35.5. The van der Waals surface area contributed by atoms with Crippen LogP contribution >= 0.6 is 12.4 Å². The number of hydrogen-bond acceptors (Lipinski definition) is 7. The number of halogens is 1. The minimum absolute atomic E-state index is 0. The van der Waals surface area contributed by atoms with E-state index in [1.807, 2.05) is 18.3 Å². The maximum absolute atomic E-state index is 6.30. The Bertz CT molecular complexity index is 893. The fourth-order valence-electron chi connectivity index (χ4n) is 4.77. The van der Waals surface area contributed by atoms with Crippen molar-refractivity contribution in [2.45, 2.75) is 70.1 Å². The Hall–Kier alpha value is -2.09. The maximum Gasteiger partial charge on any atom is 0.226 e. The maximum atomic E-state index is 6.30. The molecule has 5 rings (SSSR count). The van der Waals surface area contributed by atoms with E-state index in [2.05, 4.69) is 29.4 Å². The van der Waals surface area contributed by atoms with Crippen LogP contribution in [0.3, 0.4) is 0 Å². The van der Waals surface area contributed by atoms with Gasteiger partial charge in [0, 0.05) is 31.5 Å². The number of ether oxygens (including phenoxy) is 4. The molecule has 0 spiro atoms. The smallest absolute Gasteiger partial charge is 0.226 e. The number of nitrogens with one attached hydrogen (secondary N) is 1. The Kier molecular flexibility index (Phi) is 8.86. The average Bonchev–Trinajstić information content (AvgIpc) is 3.35. The molecule has 1 aliphatic carbocycles. The number of aromatic nitrogens is 2. The zero-order valence-corrected chi connectivity index (χ0v) is 20.7. The number of anilines is 1. The van der Waals surface area contributed by atoms with Crippen LogP contribution in [-0.4, -0.2) is 54.6 Å². The summed E-state index contributed by atoms with van der Waals surface area (Å²) in [5.41, 5.74) is 1.91. The van der Waals surface area contributed by atoms with Crippen LogP contribution in [0.4, 0.5) is 5.95 Å². The highest BCUT2D eigenvalue weighted by molar-refractivity contribution is 5.85. The molecule has 1 atom stereocenters. The zero-order valence-electron chi connectivity index (χ0n) is 19.9. The molecule has 1 saturated carbocycles. The molecular formula is C26H36ClN3O4. The summed E-state index contributed by atoms with van der Waals surface area (Å²) in [7, 11) is 0. The molecule has 186 valence electrons. The Balaban J connectivity index is 0.00000274. The van der Waals surface area contributed by atoms with Crippen molar-refractivity contribution >= 4 is 18.4 Å². The van der Waals surface area contributed by atoms with Crippen LogP contribution in [0, 0.1) is 5.92 Å². The fraction of sp³-hybridized carbons (Fsp3) is 0.615. The first-order valence-corrected chi connectivity index (χ1v) is 12.5. The van der Waals surface area contributed by atoms with Crippen molar-refractivity contribution in [3.05, 3.63) is 30.5 Å². The van der Waals surface area contributed by atoms with Crippen molar-refractivity contribution in [3.8, 4) is 22.8 Å². The van der Waals surface area contributed by atoms with E-state index in [9.17, 15) is 0 Å². The first-order valence-electron chi connectivity index (χ1n) is 12.5. The first-order chi connectivity index (χ1) is 16.2. The van der Waals surface area contributed by atoms with E-state index in [1.54, 1.807) is 0 Å². The van der Waals surface area contributed by atoms with Crippen LogP contribution in [0.2, 0.25) is 0 Å². The van der Waals surface area contributed by atoms with Gasteiger partial charge in [0.05, 0.1) is 32.0 Å². The molecule has 0 bridgehead atoms. The molecule has 3 heterocycles. The summed E-state index contributed by atoms with van der Waals surface area (Å²) in [5.74, 6) is 2.95. The predicted molar refractivity (Wildman–Crippen MR) is 134 cm³/mol. The van der Waals surface area contributed by atoms with Crippen molar-refractivity contribution in [1.82, 2.24) is 9.97 Å². The molecular weight excluding hydrogens is 454 g/mol. The van der Waals surface area contributed by atoms with E-state index >= 15 is 0 Å². The molecule has 0 amide bonds. The summed E-state index contributed by atoms with van der Waals surface area (Å²) in [6.07, 6.45) is 9.70. The molecule has 2 saturated heterocycles. The topological polar surface area (TPSA) is 74.7 Å². The van der Waals surface area contributed by atoms with E-state index in [-0.39, 0.29) is 24.6 Å². The van der Waals surface area contributed by atoms with Crippen molar-refractivity contribution in [3.63, 3.8) is 0 Å². The summed E-state index contributed by atoms with van der Waals surface area (Å²) in [5, 5.41) is 3.54. The van der Waals surface area contributed by atoms with Crippen LogP contribution in [0.15, 0.2) is 30.5 Å². The van der Waals surface area contributed by atoms with Gasteiger partial charge in [0.1, 0.15) is 18.0 Å². The normalized spacial score (nSPS) is 25.4. The molecule has 0 unspecified atom stereocenters. The number of hydrogen-bond donors (Lipinski definition) is 1. The summed E-state index contributed by atoms with van der Waals surface area (Å²) < 4.78 is 23.4. The lowest BCUT2D eigenvalue weighted by Gasteiger charge is -2.27. The minimum atomic E-state index is 0. The minimum Gasteiger partial charge on any atom is -0.490 e.